The van der Waals surface area contributed by atoms with Crippen molar-refractivity contribution < 1.29 is 4.42 Å². The first-order valence-corrected chi connectivity index (χ1v) is 19.4. The van der Waals surface area contributed by atoms with E-state index in [9.17, 15) is 0 Å². The van der Waals surface area contributed by atoms with Gasteiger partial charge in [-0.3, -0.25) is 15.0 Å². The Balaban J connectivity index is 0.979. The molecule has 7 aromatic carbocycles. The molecule has 0 spiro atoms. The summed E-state index contributed by atoms with van der Waals surface area (Å²) < 4.78 is 6.05. The van der Waals surface area contributed by atoms with Crippen molar-refractivity contribution >= 4 is 60.8 Å². The summed E-state index contributed by atoms with van der Waals surface area (Å²) in [7, 11) is 0. The number of hydrogen-bond acceptors (Lipinski definition) is 5. The fourth-order valence-electron chi connectivity index (χ4n) is 8.05. The Hall–Kier alpha value is -7.89. The van der Waals surface area contributed by atoms with Crippen LogP contribution < -0.4 is 4.90 Å². The van der Waals surface area contributed by atoms with Gasteiger partial charge in [0.1, 0.15) is 5.58 Å². The van der Waals surface area contributed by atoms with Crippen molar-refractivity contribution in [3.05, 3.63) is 207 Å². The van der Waals surface area contributed by atoms with Gasteiger partial charge in [0, 0.05) is 67.7 Å². The second-order valence-electron chi connectivity index (χ2n) is 14.5. The van der Waals surface area contributed by atoms with E-state index in [1.54, 1.807) is 0 Å². The highest BCUT2D eigenvalue weighted by Gasteiger charge is 2.16. The van der Waals surface area contributed by atoms with Crippen molar-refractivity contribution in [2.24, 2.45) is 0 Å². The van der Waals surface area contributed by atoms with E-state index in [2.05, 4.69) is 150 Å². The summed E-state index contributed by atoms with van der Waals surface area (Å²) in [4.78, 5) is 16.6. The quantitative estimate of drug-likeness (QED) is 0.163. The smallest absolute Gasteiger partial charge is 0.153 e. The second kappa shape index (κ2) is 14.0. The van der Waals surface area contributed by atoms with Gasteiger partial charge in [0.15, 0.2) is 5.58 Å². The summed E-state index contributed by atoms with van der Waals surface area (Å²) in [5, 5.41) is 4.39. The lowest BCUT2D eigenvalue weighted by atomic mass is 9.95. The molecule has 0 fully saturated rings. The van der Waals surface area contributed by atoms with E-state index in [-0.39, 0.29) is 0 Å². The second-order valence-corrected chi connectivity index (χ2v) is 14.5. The summed E-state index contributed by atoms with van der Waals surface area (Å²) >= 11 is 0. The number of pyridine rings is 3. The van der Waals surface area contributed by atoms with Gasteiger partial charge in [0.25, 0.3) is 0 Å². The highest BCUT2D eigenvalue weighted by molar-refractivity contribution is 6.05. The summed E-state index contributed by atoms with van der Waals surface area (Å²) in [6.45, 7) is 0. The molecule has 0 aliphatic rings. The van der Waals surface area contributed by atoms with Gasteiger partial charge in [0.2, 0.25) is 0 Å². The number of anilines is 3. The highest BCUT2D eigenvalue weighted by atomic mass is 16.3. The van der Waals surface area contributed by atoms with E-state index >= 15 is 0 Å². The molecule has 0 unspecified atom stereocenters. The molecule has 0 bridgehead atoms. The van der Waals surface area contributed by atoms with Gasteiger partial charge < -0.3 is 9.32 Å². The van der Waals surface area contributed by atoms with E-state index < -0.39 is 0 Å². The summed E-state index contributed by atoms with van der Waals surface area (Å²) in [6.07, 6.45) is 5.65. The Morgan fingerprint density at radius 1 is 0.379 bits per heavy atom. The molecule has 0 atom stereocenters. The minimum absolute atomic E-state index is 0.788. The number of fused-ring (bicyclic) bond motifs is 5. The number of aromatic nitrogens is 3. The normalized spacial score (nSPS) is 11.4. The van der Waals surface area contributed by atoms with Gasteiger partial charge in [-0.2, -0.15) is 0 Å². The molecule has 272 valence electrons. The van der Waals surface area contributed by atoms with Gasteiger partial charge in [-0.25, -0.2) is 0 Å². The van der Waals surface area contributed by atoms with Crippen LogP contribution in [-0.2, 0) is 0 Å². The zero-order valence-corrected chi connectivity index (χ0v) is 31.3. The van der Waals surface area contributed by atoms with E-state index in [4.69, 9.17) is 19.4 Å². The zero-order chi connectivity index (χ0) is 38.4. The van der Waals surface area contributed by atoms with Crippen molar-refractivity contribution in [1.82, 2.24) is 15.0 Å². The van der Waals surface area contributed by atoms with Crippen LogP contribution in [0.2, 0.25) is 0 Å². The molecule has 4 heterocycles. The van der Waals surface area contributed by atoms with Crippen LogP contribution in [0.4, 0.5) is 17.1 Å². The van der Waals surface area contributed by atoms with Crippen LogP contribution in [0.15, 0.2) is 211 Å². The Labute approximate surface area is 335 Å². The lowest BCUT2D eigenvalue weighted by molar-refractivity contribution is 0.667. The number of hydrogen-bond donors (Lipinski definition) is 0. The predicted molar refractivity (Wildman–Crippen MR) is 239 cm³/mol. The van der Waals surface area contributed by atoms with Crippen LogP contribution in [0.25, 0.3) is 88.4 Å². The topological polar surface area (TPSA) is 55.1 Å². The maximum atomic E-state index is 6.05. The van der Waals surface area contributed by atoms with Crippen molar-refractivity contribution in [1.29, 1.82) is 0 Å². The largest absolute Gasteiger partial charge is 0.454 e. The molecule has 11 rings (SSSR count). The number of furan rings is 1. The van der Waals surface area contributed by atoms with Crippen LogP contribution in [0.5, 0.6) is 0 Å². The van der Waals surface area contributed by atoms with E-state index in [1.807, 2.05) is 61.1 Å². The molecule has 0 amide bonds. The molecule has 58 heavy (non-hydrogen) atoms. The van der Waals surface area contributed by atoms with Gasteiger partial charge in [-0.1, -0.05) is 109 Å². The maximum absolute atomic E-state index is 6.05. The molecule has 0 aliphatic heterocycles. The standard InChI is InChI=1S/C53H34N4O/c1-2-9-37(10-3-1)47-31-41(30-40-12-8-28-54-53(40)47)35-16-22-43(23-17-35)57(44-24-18-36(19-25-44)42-29-39-11-4-6-14-49(39)55-33-42)45-26-20-38(21-27-45)50-32-48-46-13-5-7-15-51(46)58-52(48)34-56-50/h1-34H. The predicted octanol–water partition coefficient (Wildman–Crippen LogP) is 14.2. The molecule has 0 saturated heterocycles. The lowest BCUT2D eigenvalue weighted by Gasteiger charge is -2.26. The fourth-order valence-corrected chi connectivity index (χ4v) is 8.05. The molecule has 5 heteroatoms. The van der Waals surface area contributed by atoms with Crippen molar-refractivity contribution in [2.75, 3.05) is 4.90 Å². The van der Waals surface area contributed by atoms with Gasteiger partial charge in [0.05, 0.1) is 22.9 Å². The minimum atomic E-state index is 0.788. The lowest BCUT2D eigenvalue weighted by Crippen LogP contribution is -2.09. The average molecular weight is 743 g/mol. The molecule has 4 aromatic heterocycles. The first-order chi connectivity index (χ1) is 28.7. The SMILES string of the molecule is c1ccc(-c2cc(-c3ccc(N(c4ccc(-c5cnc6ccccc6c5)cc4)c4ccc(-c5cc6c(cn5)oc5ccccc56)cc4)cc3)cc3cccnc23)cc1. The molecular formula is C53H34N4O. The number of rotatable bonds is 7. The number of benzene rings is 7. The molecule has 0 aliphatic carbocycles. The van der Waals surface area contributed by atoms with Gasteiger partial charge in [-0.05, 0) is 101 Å². The third-order valence-electron chi connectivity index (χ3n) is 11.0. The van der Waals surface area contributed by atoms with Crippen LogP contribution in [0.1, 0.15) is 0 Å². The Morgan fingerprint density at radius 2 is 1.02 bits per heavy atom. The van der Waals surface area contributed by atoms with E-state index in [0.717, 1.165) is 105 Å². The Morgan fingerprint density at radius 3 is 1.79 bits per heavy atom. The average Bonchev–Trinajstić information content (AvgIpc) is 3.68. The Bertz CT molecular complexity index is 3260. The molecular weight excluding hydrogens is 709 g/mol. The highest BCUT2D eigenvalue weighted by Crippen LogP contribution is 2.40. The maximum Gasteiger partial charge on any atom is 0.153 e. The fraction of sp³-hybridized carbons (Fsp3) is 0. The van der Waals surface area contributed by atoms with Crippen LogP contribution >= 0.6 is 0 Å². The first-order valence-electron chi connectivity index (χ1n) is 19.4. The number of para-hydroxylation sites is 2. The van der Waals surface area contributed by atoms with E-state index in [0.29, 0.717) is 0 Å². The third kappa shape index (κ3) is 6.03. The van der Waals surface area contributed by atoms with E-state index in [1.165, 1.54) is 0 Å². The van der Waals surface area contributed by atoms with Crippen molar-refractivity contribution in [3.63, 3.8) is 0 Å². The van der Waals surface area contributed by atoms with Crippen LogP contribution in [0, 0.1) is 0 Å². The first kappa shape index (κ1) is 33.4. The minimum Gasteiger partial charge on any atom is -0.454 e. The molecule has 0 radical (unpaired) electrons. The summed E-state index contributed by atoms with van der Waals surface area (Å²) in [5.74, 6) is 0. The molecule has 0 saturated carbocycles. The van der Waals surface area contributed by atoms with Crippen molar-refractivity contribution in [2.45, 2.75) is 0 Å². The zero-order valence-electron chi connectivity index (χ0n) is 31.3. The number of nitrogens with zero attached hydrogens (tertiary/aromatic N) is 4. The van der Waals surface area contributed by atoms with Crippen LogP contribution in [-0.4, -0.2) is 15.0 Å². The Kier molecular flexibility index (Phi) is 8.07. The summed E-state index contributed by atoms with van der Waals surface area (Å²) in [6, 6.07) is 66.1. The summed E-state index contributed by atoms with van der Waals surface area (Å²) in [5.41, 5.74) is 15.5. The third-order valence-corrected chi connectivity index (χ3v) is 11.0. The molecule has 0 N–H and O–H groups in total. The monoisotopic (exact) mass is 742 g/mol. The molecule has 5 nitrogen and oxygen atoms in total. The molecule has 11 aromatic rings. The van der Waals surface area contributed by atoms with Gasteiger partial charge in [-0.15, -0.1) is 0 Å². The van der Waals surface area contributed by atoms with Crippen LogP contribution in [0.3, 0.4) is 0 Å². The van der Waals surface area contributed by atoms with Crippen molar-refractivity contribution in [3.8, 4) is 44.6 Å². The van der Waals surface area contributed by atoms with Gasteiger partial charge >= 0.3 is 0 Å².